The van der Waals surface area contributed by atoms with Gasteiger partial charge in [-0.25, -0.2) is 4.98 Å². The fourth-order valence-corrected chi connectivity index (χ4v) is 2.26. The fraction of sp³-hybridized carbons (Fsp3) is 0.278. The quantitative estimate of drug-likeness (QED) is 0.366. The second-order valence-electron chi connectivity index (χ2n) is 5.70. The van der Waals surface area contributed by atoms with Gasteiger partial charge in [-0.2, -0.15) is 5.26 Å². The summed E-state index contributed by atoms with van der Waals surface area (Å²) in [5, 5.41) is 8.94. The Labute approximate surface area is 142 Å². The summed E-state index contributed by atoms with van der Waals surface area (Å²) in [5.41, 5.74) is 3.97. The van der Waals surface area contributed by atoms with Crippen LogP contribution in [-0.2, 0) is 7.05 Å². The summed E-state index contributed by atoms with van der Waals surface area (Å²) in [6.45, 7) is 7.10. The van der Waals surface area contributed by atoms with Crippen molar-refractivity contribution in [2.75, 3.05) is 19.0 Å². The molecule has 0 radical (unpaired) electrons. The largest absolute Gasteiger partial charge is 0.462 e. The van der Waals surface area contributed by atoms with Gasteiger partial charge in [0.15, 0.2) is 0 Å². The molecule has 0 unspecified atom stereocenters. The van der Waals surface area contributed by atoms with Crippen molar-refractivity contribution in [2.45, 2.75) is 13.8 Å². The van der Waals surface area contributed by atoms with E-state index in [1.807, 2.05) is 62.7 Å². The van der Waals surface area contributed by atoms with Crippen LogP contribution in [0.3, 0.4) is 0 Å². The monoisotopic (exact) mass is 323 g/mol. The van der Waals surface area contributed by atoms with Gasteiger partial charge in [-0.15, -0.1) is 0 Å². The molecule has 0 amide bonds. The summed E-state index contributed by atoms with van der Waals surface area (Å²) >= 11 is 0. The smallest absolute Gasteiger partial charge is 0.140 e. The van der Waals surface area contributed by atoms with E-state index in [0.717, 1.165) is 22.3 Å². The first kappa shape index (κ1) is 17.3. The van der Waals surface area contributed by atoms with Crippen molar-refractivity contribution in [3.8, 4) is 11.8 Å². The number of imidazole rings is 1. The van der Waals surface area contributed by atoms with E-state index in [-0.39, 0.29) is 5.70 Å². The molecule has 124 valence electrons. The Hall–Kier alpha value is -3.07. The molecule has 1 aromatic heterocycles. The van der Waals surface area contributed by atoms with E-state index < -0.39 is 0 Å². The zero-order valence-corrected chi connectivity index (χ0v) is 14.7. The minimum Gasteiger partial charge on any atom is -0.462 e. The van der Waals surface area contributed by atoms with Crippen molar-refractivity contribution in [2.24, 2.45) is 12.0 Å². The average molecular weight is 323 g/mol. The molecule has 0 atom stereocenters. The van der Waals surface area contributed by atoms with E-state index in [2.05, 4.69) is 16.7 Å². The molecule has 0 aliphatic rings. The van der Waals surface area contributed by atoms with Crippen LogP contribution in [0.4, 0.5) is 5.69 Å². The summed E-state index contributed by atoms with van der Waals surface area (Å²) < 4.78 is 7.94. The molecule has 0 saturated heterocycles. The lowest BCUT2D eigenvalue weighted by molar-refractivity contribution is 0.423. The van der Waals surface area contributed by atoms with Crippen LogP contribution < -0.4 is 9.64 Å². The molecule has 6 heteroatoms. The Bertz CT molecular complexity index is 881. The minimum absolute atomic E-state index is 0.256. The van der Waals surface area contributed by atoms with Crippen molar-refractivity contribution < 1.29 is 4.74 Å². The maximum atomic E-state index is 8.94. The van der Waals surface area contributed by atoms with Crippen molar-refractivity contribution in [1.82, 2.24) is 9.55 Å². The highest BCUT2D eigenvalue weighted by atomic mass is 16.5. The van der Waals surface area contributed by atoms with E-state index in [1.165, 1.54) is 0 Å². The van der Waals surface area contributed by atoms with Crippen LogP contribution in [0.5, 0.6) is 5.75 Å². The number of fused-ring (bicyclic) bond motifs is 1. The molecule has 0 bridgehead atoms. The van der Waals surface area contributed by atoms with Crippen LogP contribution in [0.1, 0.15) is 13.8 Å². The van der Waals surface area contributed by atoms with Gasteiger partial charge in [0, 0.05) is 33.3 Å². The molecular weight excluding hydrogens is 302 g/mol. The number of hydrogen-bond donors (Lipinski definition) is 0. The number of aryl methyl sites for hydroxylation is 1. The standard InChI is InChI=1S/C18H21N5O/c1-12(7-14(10-19)20-3)13(2)24-15-8-16(22(4)5)18-17(9-15)23(6)11-21-18/h7-9,11H,3H2,1-2,4-6H3/b13-12+,14-7-. The Morgan fingerprint density at radius 2 is 2.12 bits per heavy atom. The number of anilines is 1. The molecule has 0 fully saturated rings. The number of nitriles is 1. The van der Waals surface area contributed by atoms with E-state index >= 15 is 0 Å². The molecule has 1 aromatic carbocycles. The molecule has 0 aliphatic heterocycles. The van der Waals surface area contributed by atoms with Crippen LogP contribution in [0.15, 0.2) is 46.6 Å². The molecule has 0 aliphatic carbocycles. The Balaban J connectivity index is 2.46. The molecule has 0 N–H and O–H groups in total. The van der Waals surface area contributed by atoms with Crippen LogP contribution >= 0.6 is 0 Å². The molecule has 2 aromatic rings. The number of aliphatic imine (C=N–C) groups is 1. The summed E-state index contributed by atoms with van der Waals surface area (Å²) in [6.07, 6.45) is 3.44. The zero-order chi connectivity index (χ0) is 17.9. The van der Waals surface area contributed by atoms with Crippen molar-refractivity contribution in [3.05, 3.63) is 41.6 Å². The normalized spacial score (nSPS) is 12.6. The first-order valence-corrected chi connectivity index (χ1v) is 7.43. The molecule has 0 spiro atoms. The molecular formula is C18H21N5O. The topological polar surface area (TPSA) is 66.4 Å². The average Bonchev–Trinajstić information content (AvgIpc) is 2.92. The highest BCUT2D eigenvalue weighted by Gasteiger charge is 2.12. The van der Waals surface area contributed by atoms with Gasteiger partial charge in [0.25, 0.3) is 0 Å². The lowest BCUT2D eigenvalue weighted by Crippen LogP contribution is -2.09. The van der Waals surface area contributed by atoms with Gasteiger partial charge in [0.1, 0.15) is 28.8 Å². The Morgan fingerprint density at radius 3 is 2.71 bits per heavy atom. The van der Waals surface area contributed by atoms with E-state index in [0.29, 0.717) is 11.5 Å². The highest BCUT2D eigenvalue weighted by Crippen LogP contribution is 2.31. The van der Waals surface area contributed by atoms with Crippen molar-refractivity contribution in [3.63, 3.8) is 0 Å². The van der Waals surface area contributed by atoms with Crippen LogP contribution in [0, 0.1) is 11.3 Å². The third kappa shape index (κ3) is 3.46. The van der Waals surface area contributed by atoms with Gasteiger partial charge < -0.3 is 14.2 Å². The van der Waals surface area contributed by atoms with Crippen molar-refractivity contribution in [1.29, 1.82) is 5.26 Å². The number of rotatable bonds is 5. The molecule has 2 rings (SSSR count). The van der Waals surface area contributed by atoms with Crippen LogP contribution in [0.25, 0.3) is 11.0 Å². The first-order valence-electron chi connectivity index (χ1n) is 7.43. The Morgan fingerprint density at radius 1 is 1.42 bits per heavy atom. The summed E-state index contributed by atoms with van der Waals surface area (Å²) in [5.74, 6) is 1.41. The maximum Gasteiger partial charge on any atom is 0.140 e. The van der Waals surface area contributed by atoms with E-state index in [1.54, 1.807) is 12.4 Å². The molecule has 1 heterocycles. The highest BCUT2D eigenvalue weighted by molar-refractivity contribution is 5.90. The predicted octanol–water partition coefficient (Wildman–Crippen LogP) is 3.42. The van der Waals surface area contributed by atoms with Gasteiger partial charge in [0.2, 0.25) is 0 Å². The Kier molecular flexibility index (Phi) is 5.05. The lowest BCUT2D eigenvalue weighted by Gasteiger charge is -2.16. The predicted molar refractivity (Wildman–Crippen MR) is 97.3 cm³/mol. The molecule has 24 heavy (non-hydrogen) atoms. The van der Waals surface area contributed by atoms with Gasteiger partial charge >= 0.3 is 0 Å². The third-order valence-electron chi connectivity index (χ3n) is 3.73. The number of aromatic nitrogens is 2. The summed E-state index contributed by atoms with van der Waals surface area (Å²) in [6, 6.07) is 5.88. The van der Waals surface area contributed by atoms with Gasteiger partial charge in [0.05, 0.1) is 17.5 Å². The van der Waals surface area contributed by atoms with E-state index in [9.17, 15) is 0 Å². The second kappa shape index (κ2) is 7.01. The SMILES string of the molecule is C=N/C(C#N)=C\C(C)=C(/C)Oc1cc(N(C)C)c2ncn(C)c2c1. The maximum absolute atomic E-state index is 8.94. The zero-order valence-electron chi connectivity index (χ0n) is 14.7. The van der Waals surface area contributed by atoms with Crippen LogP contribution in [-0.4, -0.2) is 30.4 Å². The first-order chi connectivity index (χ1) is 11.4. The van der Waals surface area contributed by atoms with Gasteiger partial charge in [-0.3, -0.25) is 4.99 Å². The number of hydrogen-bond acceptors (Lipinski definition) is 5. The lowest BCUT2D eigenvalue weighted by atomic mass is 10.2. The molecule has 6 nitrogen and oxygen atoms in total. The van der Waals surface area contributed by atoms with Crippen LogP contribution in [0.2, 0.25) is 0 Å². The summed E-state index contributed by atoms with van der Waals surface area (Å²) in [4.78, 5) is 10.1. The number of allylic oxidation sites excluding steroid dienone is 4. The van der Waals surface area contributed by atoms with Gasteiger partial charge in [-0.05, 0) is 32.2 Å². The fourth-order valence-electron chi connectivity index (χ4n) is 2.26. The second-order valence-corrected chi connectivity index (χ2v) is 5.70. The van der Waals surface area contributed by atoms with Crippen molar-refractivity contribution >= 4 is 23.4 Å². The minimum atomic E-state index is 0.256. The van der Waals surface area contributed by atoms with E-state index in [4.69, 9.17) is 10.00 Å². The third-order valence-corrected chi connectivity index (χ3v) is 3.73. The summed E-state index contributed by atoms with van der Waals surface area (Å²) in [7, 11) is 5.89. The number of nitrogens with zero attached hydrogens (tertiary/aromatic N) is 5. The number of ether oxygens (including phenoxy) is 1. The van der Waals surface area contributed by atoms with Gasteiger partial charge in [-0.1, -0.05) is 0 Å². The number of benzene rings is 1. The molecule has 0 saturated carbocycles.